The molecule has 200 valence electrons. The minimum absolute atomic E-state index is 0.138. The highest BCUT2D eigenvalue weighted by Crippen LogP contribution is 2.40. The lowest BCUT2D eigenvalue weighted by atomic mass is 9.74. The van der Waals surface area contributed by atoms with Crippen molar-refractivity contribution in [3.05, 3.63) is 59.2 Å². The van der Waals surface area contributed by atoms with E-state index < -0.39 is 6.10 Å². The van der Waals surface area contributed by atoms with Gasteiger partial charge < -0.3 is 24.6 Å². The van der Waals surface area contributed by atoms with Crippen molar-refractivity contribution in [2.24, 2.45) is 5.41 Å². The van der Waals surface area contributed by atoms with E-state index in [2.05, 4.69) is 22.0 Å². The Balaban J connectivity index is 1.27. The number of pyridine rings is 1. The number of methoxy groups -OCH3 is 2. The maximum atomic E-state index is 11.2. The van der Waals surface area contributed by atoms with Crippen molar-refractivity contribution in [2.75, 3.05) is 46.2 Å². The number of likely N-dealkylation sites (tertiary alicyclic amines) is 1. The van der Waals surface area contributed by atoms with Crippen LogP contribution in [0.15, 0.2) is 53.6 Å². The number of aliphatic hydroxyl groups is 2. The zero-order valence-corrected chi connectivity index (χ0v) is 23.2. The normalized spacial score (nSPS) is 16.6. The third-order valence-electron chi connectivity index (χ3n) is 7.55. The van der Waals surface area contributed by atoms with Gasteiger partial charge in [0.1, 0.15) is 11.5 Å². The summed E-state index contributed by atoms with van der Waals surface area (Å²) in [6.07, 6.45) is 5.13. The lowest BCUT2D eigenvalue weighted by Gasteiger charge is -2.41. The molecule has 6 nitrogen and oxygen atoms in total. The molecule has 0 aliphatic carbocycles. The highest BCUT2D eigenvalue weighted by molar-refractivity contribution is 7.99. The molecule has 4 rings (SSSR count). The highest BCUT2D eigenvalue weighted by atomic mass is 35.5. The third-order valence-corrected chi connectivity index (χ3v) is 8.95. The number of benzene rings is 2. The van der Waals surface area contributed by atoms with Crippen LogP contribution in [0.5, 0.6) is 11.5 Å². The molecular weight excluding hydrogens is 508 g/mol. The first kappa shape index (κ1) is 28.0. The largest absolute Gasteiger partial charge is 0.497 e. The standard InChI is InChI=1S/C29H37ClN2O4S/c1-35-21-4-7-23(8-5-21)37-17-3-14-32-15-12-29(20-33,13-16-32)11-10-27(34)28-24-18-22(36-2)6-9-26(24)31-19-25(28)30/h4-9,18-19,27,33-34H,3,10-17,20H2,1-2H3. The van der Waals surface area contributed by atoms with Gasteiger partial charge in [-0.3, -0.25) is 4.98 Å². The van der Waals surface area contributed by atoms with Gasteiger partial charge in [-0.2, -0.15) is 0 Å². The Labute approximate surface area is 228 Å². The molecule has 1 saturated heterocycles. The van der Waals surface area contributed by atoms with Crippen LogP contribution >= 0.6 is 23.4 Å². The predicted molar refractivity (Wildman–Crippen MR) is 151 cm³/mol. The number of rotatable bonds is 12. The summed E-state index contributed by atoms with van der Waals surface area (Å²) in [7, 11) is 3.30. The summed E-state index contributed by atoms with van der Waals surface area (Å²) in [6, 6.07) is 13.8. The van der Waals surface area contributed by atoms with Gasteiger partial charge in [0, 0.05) is 28.6 Å². The fourth-order valence-corrected chi connectivity index (χ4v) is 6.22. The quantitative estimate of drug-likeness (QED) is 0.215. The van der Waals surface area contributed by atoms with Crippen LogP contribution in [0.1, 0.15) is 43.8 Å². The average Bonchev–Trinajstić information content (AvgIpc) is 2.94. The van der Waals surface area contributed by atoms with E-state index in [-0.39, 0.29) is 12.0 Å². The monoisotopic (exact) mass is 544 g/mol. The van der Waals surface area contributed by atoms with Gasteiger partial charge in [0.05, 0.1) is 30.9 Å². The Kier molecular flexibility index (Phi) is 9.96. The molecule has 1 aliphatic rings. The van der Waals surface area contributed by atoms with E-state index in [0.717, 1.165) is 67.7 Å². The second-order valence-corrected chi connectivity index (χ2v) is 11.4. The van der Waals surface area contributed by atoms with Crippen LogP contribution in [0.25, 0.3) is 10.9 Å². The van der Waals surface area contributed by atoms with Crippen LogP contribution in [0.4, 0.5) is 0 Å². The smallest absolute Gasteiger partial charge is 0.119 e. The number of piperidine rings is 1. The Morgan fingerprint density at radius 1 is 1.08 bits per heavy atom. The zero-order chi connectivity index (χ0) is 26.3. The molecule has 2 aromatic carbocycles. The minimum atomic E-state index is -0.735. The Morgan fingerprint density at radius 3 is 2.46 bits per heavy atom. The summed E-state index contributed by atoms with van der Waals surface area (Å²) in [6.45, 7) is 3.15. The number of ether oxygens (including phenoxy) is 2. The molecule has 3 aromatic rings. The molecule has 0 amide bonds. The van der Waals surface area contributed by atoms with Gasteiger partial charge in [-0.1, -0.05) is 11.6 Å². The van der Waals surface area contributed by atoms with E-state index in [1.54, 1.807) is 20.4 Å². The maximum absolute atomic E-state index is 11.2. The molecule has 0 saturated carbocycles. The summed E-state index contributed by atoms with van der Waals surface area (Å²) >= 11 is 8.36. The van der Waals surface area contributed by atoms with Crippen molar-refractivity contribution in [3.8, 4) is 11.5 Å². The number of aromatic nitrogens is 1. The van der Waals surface area contributed by atoms with Crippen molar-refractivity contribution in [1.82, 2.24) is 9.88 Å². The first-order chi connectivity index (χ1) is 18.0. The van der Waals surface area contributed by atoms with E-state index in [0.29, 0.717) is 22.8 Å². The molecule has 2 N–H and O–H groups in total. The Bertz CT molecular complexity index is 1150. The molecular formula is C29H37ClN2O4S. The second-order valence-electron chi connectivity index (χ2n) is 9.83. The highest BCUT2D eigenvalue weighted by Gasteiger charge is 2.34. The van der Waals surface area contributed by atoms with E-state index >= 15 is 0 Å². The number of hydrogen-bond acceptors (Lipinski definition) is 7. The van der Waals surface area contributed by atoms with Crippen LogP contribution in [-0.2, 0) is 0 Å². The summed E-state index contributed by atoms with van der Waals surface area (Å²) in [5.74, 6) is 2.66. The van der Waals surface area contributed by atoms with Crippen molar-refractivity contribution in [2.45, 2.75) is 43.1 Å². The molecule has 0 spiro atoms. The molecule has 1 fully saturated rings. The Morgan fingerprint density at radius 2 is 1.78 bits per heavy atom. The lowest BCUT2D eigenvalue weighted by Crippen LogP contribution is -2.42. The number of nitrogens with zero attached hydrogens (tertiary/aromatic N) is 2. The summed E-state index contributed by atoms with van der Waals surface area (Å²) < 4.78 is 10.6. The van der Waals surface area contributed by atoms with Crippen LogP contribution in [0, 0.1) is 5.41 Å². The Hall–Kier alpha value is -2.03. The molecule has 1 aromatic heterocycles. The lowest BCUT2D eigenvalue weighted by molar-refractivity contribution is 0.0238. The van der Waals surface area contributed by atoms with Crippen molar-refractivity contribution in [3.63, 3.8) is 0 Å². The van der Waals surface area contributed by atoms with Crippen LogP contribution in [0.3, 0.4) is 0 Å². The van der Waals surface area contributed by atoms with Crippen molar-refractivity contribution in [1.29, 1.82) is 0 Å². The summed E-state index contributed by atoms with van der Waals surface area (Å²) in [5.41, 5.74) is 1.29. The molecule has 2 heterocycles. The molecule has 1 unspecified atom stereocenters. The van der Waals surface area contributed by atoms with Gasteiger partial charge in [-0.05, 0) is 105 Å². The fourth-order valence-electron chi connectivity index (χ4n) is 5.11. The molecule has 0 bridgehead atoms. The van der Waals surface area contributed by atoms with Crippen LogP contribution < -0.4 is 9.47 Å². The van der Waals surface area contributed by atoms with Gasteiger partial charge in [-0.15, -0.1) is 11.8 Å². The maximum Gasteiger partial charge on any atom is 0.119 e. The van der Waals surface area contributed by atoms with Crippen molar-refractivity contribution >= 4 is 34.3 Å². The molecule has 8 heteroatoms. The van der Waals surface area contributed by atoms with E-state index in [1.807, 2.05) is 42.1 Å². The second kappa shape index (κ2) is 13.2. The van der Waals surface area contributed by atoms with E-state index in [4.69, 9.17) is 21.1 Å². The van der Waals surface area contributed by atoms with Gasteiger partial charge in [0.25, 0.3) is 0 Å². The van der Waals surface area contributed by atoms with E-state index in [9.17, 15) is 10.2 Å². The molecule has 1 atom stereocenters. The van der Waals surface area contributed by atoms with Gasteiger partial charge in [0.15, 0.2) is 0 Å². The number of thioether (sulfide) groups is 1. The van der Waals surface area contributed by atoms with E-state index in [1.165, 1.54) is 4.90 Å². The predicted octanol–water partition coefficient (Wildman–Crippen LogP) is 5.98. The van der Waals surface area contributed by atoms with Crippen LogP contribution in [0.2, 0.25) is 5.02 Å². The summed E-state index contributed by atoms with van der Waals surface area (Å²) in [5, 5.41) is 22.7. The van der Waals surface area contributed by atoms with Gasteiger partial charge >= 0.3 is 0 Å². The zero-order valence-electron chi connectivity index (χ0n) is 21.7. The summed E-state index contributed by atoms with van der Waals surface area (Å²) in [4.78, 5) is 8.15. The number of halogens is 1. The fraction of sp³-hybridized carbons (Fsp3) is 0.483. The SMILES string of the molecule is COc1ccc(SCCCN2CCC(CO)(CCC(O)c3c(Cl)cnc4ccc(OC)cc34)CC2)cc1. The molecule has 37 heavy (non-hydrogen) atoms. The first-order valence-electron chi connectivity index (χ1n) is 12.9. The third kappa shape index (κ3) is 7.09. The van der Waals surface area contributed by atoms with Gasteiger partial charge in [-0.25, -0.2) is 0 Å². The topological polar surface area (TPSA) is 75.1 Å². The molecule has 1 aliphatic heterocycles. The van der Waals surface area contributed by atoms with Gasteiger partial charge in [0.2, 0.25) is 0 Å². The molecule has 0 radical (unpaired) electrons. The number of fused-ring (bicyclic) bond motifs is 1. The van der Waals surface area contributed by atoms with Crippen LogP contribution in [-0.4, -0.2) is 66.3 Å². The van der Waals surface area contributed by atoms with Crippen molar-refractivity contribution < 1.29 is 19.7 Å². The minimum Gasteiger partial charge on any atom is -0.497 e. The number of hydrogen-bond donors (Lipinski definition) is 2. The number of aliphatic hydroxyl groups excluding tert-OH is 2. The average molecular weight is 545 g/mol. The first-order valence-corrected chi connectivity index (χ1v) is 14.2.